The summed E-state index contributed by atoms with van der Waals surface area (Å²) < 4.78 is 30.9. The third kappa shape index (κ3) is 8.02. The van der Waals surface area contributed by atoms with Gasteiger partial charge in [0.2, 0.25) is 5.91 Å². The number of carbonyl (C=O) groups is 2. The molecule has 0 unspecified atom stereocenters. The van der Waals surface area contributed by atoms with Gasteiger partial charge in [0.1, 0.15) is 0 Å². The van der Waals surface area contributed by atoms with E-state index in [-0.39, 0.29) is 17.2 Å². The van der Waals surface area contributed by atoms with Gasteiger partial charge in [-0.2, -0.15) is 0 Å². The standard InChI is InChI=1S/C34H33I3N2O4S/c1-23-15-17-28(18-16-23)44(42,43)38(4)31(40)21-27(22-34(2,3)25-13-9-6-10-14-25)39(33(41)24-11-7-5-8-12-24)26-19-29(35)32(37)30(36)20-26/h5-20,27H,21-22H2,1-4H3/t27-/m1/s1. The van der Waals surface area contributed by atoms with Gasteiger partial charge in [-0.05, 0) is 128 Å². The van der Waals surface area contributed by atoms with Crippen LogP contribution in [0.5, 0.6) is 0 Å². The lowest BCUT2D eigenvalue weighted by Gasteiger charge is -2.38. The van der Waals surface area contributed by atoms with Gasteiger partial charge in [0, 0.05) is 41.5 Å². The number of halogens is 3. The van der Waals surface area contributed by atoms with E-state index < -0.39 is 27.4 Å². The maximum absolute atomic E-state index is 14.4. The van der Waals surface area contributed by atoms with Gasteiger partial charge in [0.15, 0.2) is 0 Å². The van der Waals surface area contributed by atoms with Crippen LogP contribution in [0.15, 0.2) is 102 Å². The van der Waals surface area contributed by atoms with E-state index in [4.69, 9.17) is 0 Å². The van der Waals surface area contributed by atoms with Crippen molar-refractivity contribution in [3.8, 4) is 0 Å². The van der Waals surface area contributed by atoms with E-state index in [1.807, 2.05) is 67.6 Å². The summed E-state index contributed by atoms with van der Waals surface area (Å²) in [5.41, 5.74) is 2.64. The smallest absolute Gasteiger partial charge is 0.266 e. The zero-order chi connectivity index (χ0) is 32.2. The van der Waals surface area contributed by atoms with Gasteiger partial charge in [-0.15, -0.1) is 0 Å². The third-order valence-corrected chi connectivity index (χ3v) is 14.3. The van der Waals surface area contributed by atoms with Crippen LogP contribution in [0.1, 0.15) is 48.2 Å². The molecule has 4 rings (SSSR count). The minimum atomic E-state index is -4.10. The molecule has 0 saturated carbocycles. The Kier molecular flexibility index (Phi) is 11.5. The summed E-state index contributed by atoms with van der Waals surface area (Å²) in [6.07, 6.45) is 0.203. The van der Waals surface area contributed by atoms with Crippen molar-refractivity contribution in [1.82, 2.24) is 4.31 Å². The molecule has 230 valence electrons. The number of carbonyl (C=O) groups excluding carboxylic acids is 2. The van der Waals surface area contributed by atoms with Crippen LogP contribution in [-0.4, -0.2) is 37.6 Å². The predicted octanol–water partition coefficient (Wildman–Crippen LogP) is 8.43. The predicted molar refractivity (Wildman–Crippen MR) is 201 cm³/mol. The van der Waals surface area contributed by atoms with Gasteiger partial charge in [0.05, 0.1) is 4.90 Å². The van der Waals surface area contributed by atoms with Crippen molar-refractivity contribution < 1.29 is 18.0 Å². The summed E-state index contributed by atoms with van der Waals surface area (Å²) in [6.45, 7) is 6.04. The highest BCUT2D eigenvalue weighted by molar-refractivity contribution is 14.1. The zero-order valence-corrected chi connectivity index (χ0v) is 32.1. The molecule has 6 nitrogen and oxygen atoms in total. The summed E-state index contributed by atoms with van der Waals surface area (Å²) in [4.78, 5) is 30.1. The first kappa shape index (κ1) is 34.8. The number of anilines is 1. The van der Waals surface area contributed by atoms with Crippen LogP contribution in [-0.2, 0) is 20.2 Å². The Hall–Kier alpha value is -2.04. The molecule has 0 N–H and O–H groups in total. The van der Waals surface area contributed by atoms with Crippen molar-refractivity contribution in [3.63, 3.8) is 0 Å². The molecule has 0 aliphatic heterocycles. The van der Waals surface area contributed by atoms with Crippen LogP contribution >= 0.6 is 67.8 Å². The minimum absolute atomic E-state index is 0.0408. The number of amides is 2. The van der Waals surface area contributed by atoms with Crippen LogP contribution in [0.2, 0.25) is 0 Å². The van der Waals surface area contributed by atoms with Crippen molar-refractivity contribution in [1.29, 1.82) is 0 Å². The van der Waals surface area contributed by atoms with E-state index >= 15 is 0 Å². The maximum atomic E-state index is 14.4. The lowest BCUT2D eigenvalue weighted by molar-refractivity contribution is -0.126. The molecule has 2 amide bonds. The molecule has 4 aromatic carbocycles. The number of hydrogen-bond acceptors (Lipinski definition) is 4. The number of benzene rings is 4. The van der Waals surface area contributed by atoms with Crippen LogP contribution in [0, 0.1) is 17.6 Å². The Labute approximate surface area is 301 Å². The van der Waals surface area contributed by atoms with Crippen LogP contribution in [0.3, 0.4) is 0 Å². The van der Waals surface area contributed by atoms with E-state index in [0.29, 0.717) is 17.7 Å². The lowest BCUT2D eigenvalue weighted by atomic mass is 9.78. The molecule has 1 atom stereocenters. The molecule has 10 heteroatoms. The summed E-state index contributed by atoms with van der Waals surface area (Å²) in [5, 5.41) is 0. The zero-order valence-electron chi connectivity index (χ0n) is 24.8. The van der Waals surface area contributed by atoms with Crippen molar-refractivity contribution in [2.75, 3.05) is 11.9 Å². The largest absolute Gasteiger partial charge is 0.305 e. The average molecular weight is 946 g/mol. The van der Waals surface area contributed by atoms with E-state index in [9.17, 15) is 18.0 Å². The molecule has 4 aromatic rings. The van der Waals surface area contributed by atoms with Gasteiger partial charge in [-0.1, -0.05) is 80.1 Å². The first-order valence-electron chi connectivity index (χ1n) is 13.9. The van der Waals surface area contributed by atoms with Gasteiger partial charge < -0.3 is 4.90 Å². The quantitative estimate of drug-likeness (QED) is 0.118. The Morgan fingerprint density at radius 3 is 1.89 bits per heavy atom. The van der Waals surface area contributed by atoms with Crippen molar-refractivity contribution in [3.05, 3.63) is 124 Å². The summed E-state index contributed by atoms with van der Waals surface area (Å²) in [5.74, 6) is -0.857. The van der Waals surface area contributed by atoms with E-state index in [1.54, 1.807) is 29.2 Å². The van der Waals surface area contributed by atoms with E-state index in [1.165, 1.54) is 19.2 Å². The highest BCUT2D eigenvalue weighted by atomic mass is 127. The van der Waals surface area contributed by atoms with E-state index in [2.05, 4.69) is 81.6 Å². The van der Waals surface area contributed by atoms with Gasteiger partial charge in [-0.25, -0.2) is 12.7 Å². The molecule has 0 bridgehead atoms. The van der Waals surface area contributed by atoms with Gasteiger partial charge in [0.25, 0.3) is 15.9 Å². The second-order valence-corrected chi connectivity index (χ2v) is 16.6. The Morgan fingerprint density at radius 2 is 1.34 bits per heavy atom. The molecule has 0 saturated heterocycles. The van der Waals surface area contributed by atoms with Crippen LogP contribution in [0.4, 0.5) is 5.69 Å². The molecule has 0 spiro atoms. The summed E-state index contributed by atoms with van der Waals surface area (Å²) in [7, 11) is -2.81. The second kappa shape index (κ2) is 14.6. The van der Waals surface area contributed by atoms with Crippen molar-refractivity contribution in [2.45, 2.75) is 50.0 Å². The number of aryl methyl sites for hydroxylation is 1. The molecule has 0 aliphatic rings. The fourth-order valence-corrected chi connectivity index (χ4v) is 8.26. The molecular weight excluding hydrogens is 913 g/mol. The second-order valence-electron chi connectivity index (χ2n) is 11.3. The maximum Gasteiger partial charge on any atom is 0.266 e. The number of nitrogens with zero attached hydrogens (tertiary/aromatic N) is 2. The molecular formula is C34H33I3N2O4S. The Balaban J connectivity index is 1.84. The monoisotopic (exact) mass is 946 g/mol. The molecule has 0 radical (unpaired) electrons. The molecule has 0 fully saturated rings. The molecule has 0 heterocycles. The summed E-state index contributed by atoms with van der Waals surface area (Å²) in [6, 6.07) is 28.6. The fourth-order valence-electron chi connectivity index (χ4n) is 5.08. The summed E-state index contributed by atoms with van der Waals surface area (Å²) >= 11 is 6.80. The number of rotatable bonds is 10. The molecule has 0 aromatic heterocycles. The van der Waals surface area contributed by atoms with Gasteiger partial charge in [-0.3, -0.25) is 9.59 Å². The Bertz CT molecular complexity index is 1720. The van der Waals surface area contributed by atoms with Gasteiger partial charge >= 0.3 is 0 Å². The Morgan fingerprint density at radius 1 is 0.818 bits per heavy atom. The molecule has 0 aliphatic carbocycles. The third-order valence-electron chi connectivity index (χ3n) is 7.59. The lowest BCUT2D eigenvalue weighted by Crippen LogP contribution is -2.47. The van der Waals surface area contributed by atoms with Crippen molar-refractivity contribution in [2.24, 2.45) is 0 Å². The normalized spacial score (nSPS) is 12.4. The van der Waals surface area contributed by atoms with Crippen LogP contribution in [0.25, 0.3) is 0 Å². The highest BCUT2D eigenvalue weighted by Gasteiger charge is 2.37. The number of sulfonamides is 1. The SMILES string of the molecule is Cc1ccc(S(=O)(=O)N(C)C(=O)C[C@H](CC(C)(C)c2ccccc2)N(C(=O)c2ccccc2)c2cc(I)c(I)c(I)c2)cc1. The number of hydrogen-bond donors (Lipinski definition) is 0. The van der Waals surface area contributed by atoms with Crippen LogP contribution < -0.4 is 4.90 Å². The van der Waals surface area contributed by atoms with Crippen molar-refractivity contribution >= 4 is 95.3 Å². The topological polar surface area (TPSA) is 74.8 Å². The first-order valence-corrected chi connectivity index (χ1v) is 18.6. The highest BCUT2D eigenvalue weighted by Crippen LogP contribution is 2.36. The first-order chi connectivity index (χ1) is 20.7. The molecule has 44 heavy (non-hydrogen) atoms. The minimum Gasteiger partial charge on any atom is -0.305 e. The van der Waals surface area contributed by atoms with E-state index in [0.717, 1.165) is 26.1 Å². The fraction of sp³-hybridized carbons (Fsp3) is 0.235. The average Bonchev–Trinajstić information content (AvgIpc) is 3.00.